The van der Waals surface area contributed by atoms with Crippen LogP contribution >= 0.6 is 24.8 Å². The minimum Gasteiger partial charge on any atom is -0.480 e. The lowest BCUT2D eigenvalue weighted by atomic mass is 10.3. The van der Waals surface area contributed by atoms with Gasteiger partial charge in [0.05, 0.1) is 5.69 Å². The standard InChI is InChI=1S/C9H12N2O2.2ClH/c1-7(9(12)13)11-6-8-4-2-3-5-10-8;;/h2-5,7,11H,6H2,1H3,(H,12,13);2*1H/t7-;;/m1../s1. The van der Waals surface area contributed by atoms with Crippen molar-refractivity contribution in [1.82, 2.24) is 10.3 Å². The molecule has 0 saturated carbocycles. The van der Waals surface area contributed by atoms with Crippen LogP contribution in [0.5, 0.6) is 0 Å². The van der Waals surface area contributed by atoms with Gasteiger partial charge < -0.3 is 5.11 Å². The third-order valence-corrected chi connectivity index (χ3v) is 1.69. The Morgan fingerprint density at radius 3 is 2.67 bits per heavy atom. The molecule has 4 nitrogen and oxygen atoms in total. The van der Waals surface area contributed by atoms with Gasteiger partial charge in [-0.05, 0) is 19.1 Å². The van der Waals surface area contributed by atoms with Gasteiger partial charge in [0, 0.05) is 12.7 Å². The van der Waals surface area contributed by atoms with Crippen LogP contribution in [0.4, 0.5) is 0 Å². The highest BCUT2D eigenvalue weighted by molar-refractivity contribution is 5.85. The van der Waals surface area contributed by atoms with Gasteiger partial charge in [-0.2, -0.15) is 0 Å². The van der Waals surface area contributed by atoms with E-state index >= 15 is 0 Å². The molecule has 6 heteroatoms. The fraction of sp³-hybridized carbons (Fsp3) is 0.333. The average Bonchev–Trinajstić information content (AvgIpc) is 2.15. The van der Waals surface area contributed by atoms with E-state index in [9.17, 15) is 4.79 Å². The van der Waals surface area contributed by atoms with E-state index in [-0.39, 0.29) is 24.8 Å². The molecule has 1 rings (SSSR count). The van der Waals surface area contributed by atoms with Crippen LogP contribution in [0.25, 0.3) is 0 Å². The van der Waals surface area contributed by atoms with Gasteiger partial charge in [-0.1, -0.05) is 6.07 Å². The number of halogens is 2. The molecule has 0 radical (unpaired) electrons. The van der Waals surface area contributed by atoms with Crippen LogP contribution in [0.15, 0.2) is 24.4 Å². The molecule has 15 heavy (non-hydrogen) atoms. The first kappa shape index (κ1) is 16.6. The topological polar surface area (TPSA) is 62.2 Å². The molecule has 1 aromatic rings. The number of aromatic nitrogens is 1. The van der Waals surface area contributed by atoms with E-state index in [1.807, 2.05) is 18.2 Å². The Morgan fingerprint density at radius 1 is 1.53 bits per heavy atom. The zero-order valence-electron chi connectivity index (χ0n) is 8.21. The second-order valence-corrected chi connectivity index (χ2v) is 2.76. The van der Waals surface area contributed by atoms with E-state index in [1.165, 1.54) is 0 Å². The summed E-state index contributed by atoms with van der Waals surface area (Å²) in [6, 6.07) is 5.00. The summed E-state index contributed by atoms with van der Waals surface area (Å²) >= 11 is 0. The number of aliphatic carboxylic acids is 1. The summed E-state index contributed by atoms with van der Waals surface area (Å²) in [5.74, 6) is -0.851. The molecule has 86 valence electrons. The van der Waals surface area contributed by atoms with Crippen molar-refractivity contribution in [3.8, 4) is 0 Å². The summed E-state index contributed by atoms with van der Waals surface area (Å²) in [4.78, 5) is 14.5. The Balaban J connectivity index is 0. The molecule has 0 unspecified atom stereocenters. The maximum absolute atomic E-state index is 10.4. The first-order valence-electron chi connectivity index (χ1n) is 4.06. The highest BCUT2D eigenvalue weighted by Crippen LogP contribution is 1.93. The molecule has 0 aliphatic rings. The summed E-state index contributed by atoms with van der Waals surface area (Å²) in [5.41, 5.74) is 0.843. The normalized spacial score (nSPS) is 10.7. The van der Waals surface area contributed by atoms with Crippen LogP contribution in [-0.2, 0) is 11.3 Å². The summed E-state index contributed by atoms with van der Waals surface area (Å²) in [7, 11) is 0. The summed E-state index contributed by atoms with van der Waals surface area (Å²) < 4.78 is 0. The molecule has 0 amide bonds. The minimum atomic E-state index is -0.851. The van der Waals surface area contributed by atoms with Crippen LogP contribution in [0, 0.1) is 0 Å². The fourth-order valence-electron chi connectivity index (χ4n) is 0.848. The molecule has 0 aliphatic carbocycles. The quantitative estimate of drug-likeness (QED) is 0.853. The zero-order valence-corrected chi connectivity index (χ0v) is 9.85. The van der Waals surface area contributed by atoms with E-state index in [4.69, 9.17) is 5.11 Å². The van der Waals surface area contributed by atoms with E-state index in [0.29, 0.717) is 6.54 Å². The largest absolute Gasteiger partial charge is 0.480 e. The van der Waals surface area contributed by atoms with Crippen molar-refractivity contribution >= 4 is 30.8 Å². The van der Waals surface area contributed by atoms with Gasteiger partial charge in [-0.3, -0.25) is 15.1 Å². The number of hydrogen-bond donors (Lipinski definition) is 2. The maximum Gasteiger partial charge on any atom is 0.320 e. The van der Waals surface area contributed by atoms with Gasteiger partial charge in [0.25, 0.3) is 0 Å². The number of nitrogens with one attached hydrogen (secondary N) is 1. The second kappa shape index (κ2) is 8.47. The van der Waals surface area contributed by atoms with Crippen LogP contribution in [0.3, 0.4) is 0 Å². The first-order valence-corrected chi connectivity index (χ1v) is 4.06. The van der Waals surface area contributed by atoms with Crippen molar-refractivity contribution in [1.29, 1.82) is 0 Å². The van der Waals surface area contributed by atoms with E-state index in [1.54, 1.807) is 13.1 Å². The Kier molecular flexibility index (Phi) is 9.36. The van der Waals surface area contributed by atoms with Crippen molar-refractivity contribution in [2.45, 2.75) is 19.5 Å². The molecule has 2 N–H and O–H groups in total. The third-order valence-electron chi connectivity index (χ3n) is 1.69. The van der Waals surface area contributed by atoms with Gasteiger partial charge in [-0.25, -0.2) is 0 Å². The number of pyridine rings is 1. The van der Waals surface area contributed by atoms with Crippen molar-refractivity contribution in [3.63, 3.8) is 0 Å². The fourth-order valence-corrected chi connectivity index (χ4v) is 0.848. The number of carbonyl (C=O) groups is 1. The predicted molar refractivity (Wildman–Crippen MR) is 62.7 cm³/mol. The number of hydrogen-bond acceptors (Lipinski definition) is 3. The smallest absolute Gasteiger partial charge is 0.320 e. The van der Waals surface area contributed by atoms with Crippen LogP contribution in [0.1, 0.15) is 12.6 Å². The van der Waals surface area contributed by atoms with Crippen LogP contribution < -0.4 is 5.32 Å². The summed E-state index contributed by atoms with van der Waals surface area (Å²) in [5, 5.41) is 11.4. The van der Waals surface area contributed by atoms with Crippen LogP contribution in [-0.4, -0.2) is 22.1 Å². The minimum absolute atomic E-state index is 0. The lowest BCUT2D eigenvalue weighted by molar-refractivity contribution is -0.139. The van der Waals surface area contributed by atoms with Gasteiger partial charge in [0.1, 0.15) is 6.04 Å². The van der Waals surface area contributed by atoms with Crippen molar-refractivity contribution in [2.24, 2.45) is 0 Å². The van der Waals surface area contributed by atoms with Gasteiger partial charge in [0.15, 0.2) is 0 Å². The number of rotatable bonds is 4. The van der Waals surface area contributed by atoms with Crippen molar-refractivity contribution < 1.29 is 9.90 Å². The third kappa shape index (κ3) is 6.28. The Labute approximate surface area is 101 Å². The Bertz CT molecular complexity index is 283. The molecule has 0 spiro atoms. The van der Waals surface area contributed by atoms with Gasteiger partial charge >= 0.3 is 5.97 Å². The van der Waals surface area contributed by atoms with Gasteiger partial charge in [0.2, 0.25) is 0 Å². The summed E-state index contributed by atoms with van der Waals surface area (Å²) in [6.07, 6.45) is 1.68. The monoisotopic (exact) mass is 252 g/mol. The number of carboxylic acid groups (broad SMARTS) is 1. The first-order chi connectivity index (χ1) is 6.20. The molecule has 1 heterocycles. The lowest BCUT2D eigenvalue weighted by Crippen LogP contribution is -2.33. The molecule has 1 atom stereocenters. The van der Waals surface area contributed by atoms with Crippen molar-refractivity contribution in [3.05, 3.63) is 30.1 Å². The molecule has 0 fully saturated rings. The van der Waals surface area contributed by atoms with E-state index in [2.05, 4.69) is 10.3 Å². The Hall–Kier alpha value is -0.840. The molecule has 1 aromatic heterocycles. The number of carboxylic acids is 1. The summed E-state index contributed by atoms with van der Waals surface area (Å²) in [6.45, 7) is 2.08. The molecule has 0 bridgehead atoms. The van der Waals surface area contributed by atoms with E-state index in [0.717, 1.165) is 5.69 Å². The lowest BCUT2D eigenvalue weighted by Gasteiger charge is -2.07. The van der Waals surface area contributed by atoms with E-state index < -0.39 is 12.0 Å². The SMILES string of the molecule is C[C@@H](NCc1ccccn1)C(=O)O.Cl.Cl. The molecular formula is C9H14Cl2N2O2. The Morgan fingerprint density at radius 2 is 2.20 bits per heavy atom. The highest BCUT2D eigenvalue weighted by atomic mass is 35.5. The average molecular weight is 253 g/mol. The molecular weight excluding hydrogens is 239 g/mol. The van der Waals surface area contributed by atoms with Gasteiger partial charge in [-0.15, -0.1) is 24.8 Å². The zero-order chi connectivity index (χ0) is 9.68. The molecule has 0 saturated heterocycles. The highest BCUT2D eigenvalue weighted by Gasteiger charge is 2.08. The maximum atomic E-state index is 10.4. The predicted octanol–water partition coefficient (Wildman–Crippen LogP) is 1.49. The molecule has 0 aliphatic heterocycles. The van der Waals surface area contributed by atoms with Crippen LogP contribution in [0.2, 0.25) is 0 Å². The second-order valence-electron chi connectivity index (χ2n) is 2.76. The van der Waals surface area contributed by atoms with Crippen molar-refractivity contribution in [2.75, 3.05) is 0 Å². The molecule has 0 aromatic carbocycles. The number of nitrogens with zero attached hydrogens (tertiary/aromatic N) is 1.